The number of rotatable bonds is 6. The van der Waals surface area contributed by atoms with Crippen LogP contribution < -0.4 is 5.32 Å². The largest absolute Gasteiger partial charge is 0.349 e. The number of amides is 1. The van der Waals surface area contributed by atoms with Crippen molar-refractivity contribution < 1.29 is 13.2 Å². The number of fused-ring (bicyclic) bond motifs is 1. The molecule has 4 aromatic rings. The zero-order chi connectivity index (χ0) is 24.4. The average molecular weight is 490 g/mol. The summed E-state index contributed by atoms with van der Waals surface area (Å²) in [4.78, 5) is 17.2. The highest BCUT2D eigenvalue weighted by Crippen LogP contribution is 2.27. The molecule has 9 heteroatoms. The summed E-state index contributed by atoms with van der Waals surface area (Å²) in [6.45, 7) is 2.60. The molecule has 35 heavy (non-hydrogen) atoms. The zero-order valence-electron chi connectivity index (χ0n) is 19.4. The summed E-state index contributed by atoms with van der Waals surface area (Å²) in [5.41, 5.74) is 1.88. The van der Waals surface area contributed by atoms with E-state index in [1.165, 1.54) is 10.6 Å². The Labute approximate surface area is 204 Å². The summed E-state index contributed by atoms with van der Waals surface area (Å²) in [6, 6.07) is 20.5. The van der Waals surface area contributed by atoms with Gasteiger partial charge in [-0.3, -0.25) is 4.79 Å². The molecule has 1 atom stereocenters. The molecule has 0 radical (unpaired) electrons. The van der Waals surface area contributed by atoms with Gasteiger partial charge in [-0.1, -0.05) is 42.5 Å². The molecule has 1 unspecified atom stereocenters. The first-order valence-electron chi connectivity index (χ1n) is 11.7. The topological polar surface area (TPSA) is 97.2 Å². The Morgan fingerprint density at radius 3 is 2.40 bits per heavy atom. The van der Waals surface area contributed by atoms with E-state index in [9.17, 15) is 13.2 Å². The van der Waals surface area contributed by atoms with Crippen LogP contribution in [0.3, 0.4) is 0 Å². The predicted molar refractivity (Wildman–Crippen MR) is 133 cm³/mol. The molecule has 8 nitrogen and oxygen atoms in total. The third-order valence-electron chi connectivity index (χ3n) is 6.62. The molecule has 1 fully saturated rings. The van der Waals surface area contributed by atoms with E-state index in [-0.39, 0.29) is 17.9 Å². The van der Waals surface area contributed by atoms with Gasteiger partial charge >= 0.3 is 0 Å². The van der Waals surface area contributed by atoms with Crippen LogP contribution in [0.4, 0.5) is 0 Å². The quantitative estimate of drug-likeness (QED) is 0.445. The number of sulfonamides is 1. The second kappa shape index (κ2) is 9.59. The van der Waals surface area contributed by atoms with Gasteiger partial charge in [0, 0.05) is 19.0 Å². The van der Waals surface area contributed by atoms with Crippen molar-refractivity contribution in [2.45, 2.75) is 30.7 Å². The van der Waals surface area contributed by atoms with Gasteiger partial charge in [0.15, 0.2) is 0 Å². The number of aromatic nitrogens is 3. The molecule has 1 aliphatic heterocycles. The average Bonchev–Trinajstić information content (AvgIpc) is 3.43. The van der Waals surface area contributed by atoms with Crippen LogP contribution in [-0.4, -0.2) is 46.5 Å². The lowest BCUT2D eigenvalue weighted by Gasteiger charge is -2.31. The third kappa shape index (κ3) is 4.82. The first kappa shape index (κ1) is 23.2. The molecule has 2 heterocycles. The molecular formula is C26H27N5O3S. The van der Waals surface area contributed by atoms with E-state index in [2.05, 4.69) is 15.4 Å². The molecule has 5 rings (SSSR count). The Morgan fingerprint density at radius 1 is 1.00 bits per heavy atom. The van der Waals surface area contributed by atoms with Gasteiger partial charge in [0.05, 0.1) is 16.6 Å². The molecule has 0 spiro atoms. The Morgan fingerprint density at radius 2 is 1.71 bits per heavy atom. The second-order valence-corrected chi connectivity index (χ2v) is 10.8. The monoisotopic (exact) mass is 489 g/mol. The van der Waals surface area contributed by atoms with Crippen LogP contribution in [-0.2, 0) is 14.8 Å². The van der Waals surface area contributed by atoms with Crippen LogP contribution in [0.15, 0.2) is 84.3 Å². The van der Waals surface area contributed by atoms with Crippen LogP contribution in [0.25, 0.3) is 16.5 Å². The molecule has 1 aliphatic rings. The highest BCUT2D eigenvalue weighted by atomic mass is 32.2. The van der Waals surface area contributed by atoms with Crippen molar-refractivity contribution in [2.24, 2.45) is 5.92 Å². The number of carbonyl (C=O) groups excluding carboxylic acids is 1. The van der Waals surface area contributed by atoms with Crippen molar-refractivity contribution in [3.63, 3.8) is 0 Å². The standard InChI is InChI=1S/C26H27N5O3S/c1-19(20-6-9-24(10-7-20)31-18-27-17-28-31)29-26(32)22-12-14-30(15-13-22)35(33,34)25-11-8-21-4-2-3-5-23(21)16-25/h2-11,16-19,22H,12-15H2,1H3,(H,29,32). The highest BCUT2D eigenvalue weighted by Gasteiger charge is 2.32. The fraction of sp³-hybridized carbons (Fsp3) is 0.269. The van der Waals surface area contributed by atoms with E-state index in [0.29, 0.717) is 30.8 Å². The Hall–Kier alpha value is -3.56. The van der Waals surface area contributed by atoms with Gasteiger partial charge in [0.25, 0.3) is 0 Å². The van der Waals surface area contributed by atoms with E-state index in [0.717, 1.165) is 22.0 Å². The van der Waals surface area contributed by atoms with Gasteiger partial charge in [-0.15, -0.1) is 0 Å². The van der Waals surface area contributed by atoms with E-state index < -0.39 is 10.0 Å². The summed E-state index contributed by atoms with van der Waals surface area (Å²) in [5, 5.41) is 9.10. The van der Waals surface area contributed by atoms with Gasteiger partial charge in [0.1, 0.15) is 12.7 Å². The number of nitrogens with one attached hydrogen (secondary N) is 1. The molecule has 0 aliphatic carbocycles. The number of carbonyl (C=O) groups is 1. The maximum absolute atomic E-state index is 13.2. The van der Waals surface area contributed by atoms with Crippen molar-refractivity contribution in [3.8, 4) is 5.69 Å². The molecule has 1 N–H and O–H groups in total. The van der Waals surface area contributed by atoms with Gasteiger partial charge in [-0.25, -0.2) is 18.1 Å². The van der Waals surface area contributed by atoms with Crippen LogP contribution in [0.5, 0.6) is 0 Å². The minimum Gasteiger partial charge on any atom is -0.349 e. The van der Waals surface area contributed by atoms with Crippen molar-refractivity contribution in [1.82, 2.24) is 24.4 Å². The minimum absolute atomic E-state index is 0.0411. The maximum atomic E-state index is 13.2. The Bertz CT molecular complexity index is 1430. The number of hydrogen-bond acceptors (Lipinski definition) is 5. The molecule has 1 amide bonds. The first-order valence-corrected chi connectivity index (χ1v) is 13.1. The summed E-state index contributed by atoms with van der Waals surface area (Å²) >= 11 is 0. The predicted octanol–water partition coefficient (Wildman–Crippen LogP) is 3.70. The van der Waals surface area contributed by atoms with Gasteiger partial charge in [-0.2, -0.15) is 9.40 Å². The molecule has 0 bridgehead atoms. The van der Waals surface area contributed by atoms with E-state index >= 15 is 0 Å². The van der Waals surface area contributed by atoms with Gasteiger partial charge in [-0.05, 0) is 60.4 Å². The molecule has 3 aromatic carbocycles. The van der Waals surface area contributed by atoms with E-state index in [4.69, 9.17) is 0 Å². The van der Waals surface area contributed by atoms with Gasteiger partial charge in [0.2, 0.25) is 15.9 Å². The van der Waals surface area contributed by atoms with Crippen molar-refractivity contribution in [3.05, 3.63) is 84.9 Å². The smallest absolute Gasteiger partial charge is 0.243 e. The van der Waals surface area contributed by atoms with Crippen molar-refractivity contribution in [1.29, 1.82) is 0 Å². The SMILES string of the molecule is CC(NC(=O)C1CCN(S(=O)(=O)c2ccc3ccccc3c2)CC1)c1ccc(-n2cncn2)cc1. The lowest BCUT2D eigenvalue weighted by molar-refractivity contribution is -0.126. The van der Waals surface area contributed by atoms with Crippen molar-refractivity contribution >= 4 is 26.7 Å². The zero-order valence-corrected chi connectivity index (χ0v) is 20.2. The van der Waals surface area contributed by atoms with E-state index in [1.807, 2.05) is 61.5 Å². The maximum Gasteiger partial charge on any atom is 0.243 e. The number of hydrogen-bond donors (Lipinski definition) is 1. The molecule has 1 aromatic heterocycles. The van der Waals surface area contributed by atoms with Gasteiger partial charge < -0.3 is 5.32 Å². The summed E-state index contributed by atoms with van der Waals surface area (Å²) in [6.07, 6.45) is 4.11. The van der Waals surface area contributed by atoms with Crippen molar-refractivity contribution in [2.75, 3.05) is 13.1 Å². The van der Waals surface area contributed by atoms with Crippen LogP contribution in [0.1, 0.15) is 31.4 Å². The lowest BCUT2D eigenvalue weighted by atomic mass is 9.96. The fourth-order valence-corrected chi connectivity index (χ4v) is 6.01. The van der Waals surface area contributed by atoms with E-state index in [1.54, 1.807) is 23.1 Å². The highest BCUT2D eigenvalue weighted by molar-refractivity contribution is 7.89. The summed E-state index contributed by atoms with van der Waals surface area (Å²) in [5.74, 6) is -0.254. The van der Waals surface area contributed by atoms with Crippen LogP contribution in [0.2, 0.25) is 0 Å². The fourth-order valence-electron chi connectivity index (χ4n) is 4.51. The Kier molecular flexibility index (Phi) is 6.36. The molecule has 0 saturated carbocycles. The lowest BCUT2D eigenvalue weighted by Crippen LogP contribution is -2.43. The summed E-state index contributed by atoms with van der Waals surface area (Å²) < 4.78 is 29.6. The third-order valence-corrected chi connectivity index (χ3v) is 8.51. The summed E-state index contributed by atoms with van der Waals surface area (Å²) in [7, 11) is -3.60. The Balaban J connectivity index is 1.19. The molecule has 180 valence electrons. The number of benzene rings is 3. The first-order chi connectivity index (χ1) is 16.9. The van der Waals surface area contributed by atoms with Crippen LogP contribution >= 0.6 is 0 Å². The molecule has 1 saturated heterocycles. The number of nitrogens with zero attached hydrogens (tertiary/aromatic N) is 4. The molecular weight excluding hydrogens is 462 g/mol. The number of piperidine rings is 1. The second-order valence-electron chi connectivity index (χ2n) is 8.85. The normalized spacial score (nSPS) is 16.3. The minimum atomic E-state index is -3.60. The van der Waals surface area contributed by atoms with Crippen LogP contribution in [0, 0.1) is 5.92 Å².